The molecule has 1 aliphatic heterocycles. The summed E-state index contributed by atoms with van der Waals surface area (Å²) in [5.74, 6) is -0.164. The molecule has 56 valence electrons. The first-order valence-corrected chi connectivity index (χ1v) is 3.33. The summed E-state index contributed by atoms with van der Waals surface area (Å²) in [6.07, 6.45) is 4.89. The van der Waals surface area contributed by atoms with Gasteiger partial charge >= 0.3 is 0 Å². The molecule has 2 rings (SSSR count). The van der Waals surface area contributed by atoms with E-state index in [0.717, 1.165) is 11.3 Å². The van der Waals surface area contributed by atoms with E-state index < -0.39 is 0 Å². The van der Waals surface area contributed by atoms with Gasteiger partial charge in [0.05, 0.1) is 18.4 Å². The normalized spacial score (nSPS) is 15.5. The van der Waals surface area contributed by atoms with E-state index in [9.17, 15) is 4.79 Å². The van der Waals surface area contributed by atoms with Gasteiger partial charge in [0, 0.05) is 18.0 Å². The van der Waals surface area contributed by atoms with Crippen molar-refractivity contribution < 1.29 is 4.79 Å². The van der Waals surface area contributed by atoms with Crippen LogP contribution in [0.15, 0.2) is 17.4 Å². The van der Waals surface area contributed by atoms with Gasteiger partial charge in [0.15, 0.2) is 0 Å². The minimum Gasteiger partial charge on any atom is -0.365 e. The second kappa shape index (κ2) is 2.23. The molecule has 0 aliphatic carbocycles. The zero-order valence-electron chi connectivity index (χ0n) is 5.79. The molecule has 2 heterocycles. The first kappa shape index (κ1) is 6.15. The molecule has 0 saturated heterocycles. The SMILES string of the molecule is O=C1C=NCc2c[nH]cc2N1. The first-order valence-electron chi connectivity index (χ1n) is 3.33. The Hall–Kier alpha value is -1.58. The second-order valence-corrected chi connectivity index (χ2v) is 2.35. The number of aliphatic imine (C=N–C) groups is 1. The van der Waals surface area contributed by atoms with E-state index in [0.29, 0.717) is 6.54 Å². The minimum absolute atomic E-state index is 0.164. The van der Waals surface area contributed by atoms with Gasteiger partial charge in [0.1, 0.15) is 0 Å². The summed E-state index contributed by atoms with van der Waals surface area (Å²) in [7, 11) is 0. The van der Waals surface area contributed by atoms with Crippen molar-refractivity contribution in [2.45, 2.75) is 6.54 Å². The number of H-pyrrole nitrogens is 1. The lowest BCUT2D eigenvalue weighted by atomic mass is 10.3. The molecule has 0 atom stereocenters. The lowest BCUT2D eigenvalue weighted by Gasteiger charge is -1.95. The molecule has 2 N–H and O–H groups in total. The van der Waals surface area contributed by atoms with Crippen LogP contribution in [0.5, 0.6) is 0 Å². The number of fused-ring (bicyclic) bond motifs is 1. The monoisotopic (exact) mass is 149 g/mol. The van der Waals surface area contributed by atoms with Crippen LogP contribution in [0.3, 0.4) is 0 Å². The molecular weight excluding hydrogens is 142 g/mol. The molecule has 1 aromatic rings. The van der Waals surface area contributed by atoms with E-state index in [1.807, 2.05) is 6.20 Å². The Balaban J connectivity index is 2.41. The lowest BCUT2D eigenvalue weighted by molar-refractivity contribution is -0.109. The standard InChI is InChI=1S/C7H7N3O/c11-7-4-9-2-5-1-8-3-6(5)10-7/h1,3-4,8H,2H2,(H,10,11). The van der Waals surface area contributed by atoms with Crippen LogP contribution in [-0.4, -0.2) is 17.1 Å². The van der Waals surface area contributed by atoms with Crippen LogP contribution in [0.4, 0.5) is 5.69 Å². The molecule has 0 radical (unpaired) electrons. The summed E-state index contributed by atoms with van der Waals surface area (Å²) < 4.78 is 0. The molecular formula is C7H7N3O. The highest BCUT2D eigenvalue weighted by Crippen LogP contribution is 2.16. The second-order valence-electron chi connectivity index (χ2n) is 2.35. The molecule has 0 unspecified atom stereocenters. The molecule has 0 saturated carbocycles. The van der Waals surface area contributed by atoms with E-state index in [2.05, 4.69) is 15.3 Å². The number of hydrogen-bond acceptors (Lipinski definition) is 2. The van der Waals surface area contributed by atoms with Crippen molar-refractivity contribution in [2.24, 2.45) is 4.99 Å². The number of aromatic amines is 1. The summed E-state index contributed by atoms with van der Waals surface area (Å²) in [6, 6.07) is 0. The average molecular weight is 149 g/mol. The average Bonchev–Trinajstić information content (AvgIpc) is 2.31. The maximum Gasteiger partial charge on any atom is 0.266 e. The highest BCUT2D eigenvalue weighted by molar-refractivity contribution is 6.32. The maximum atomic E-state index is 10.9. The van der Waals surface area contributed by atoms with Gasteiger partial charge in [-0.15, -0.1) is 0 Å². The molecule has 0 spiro atoms. The molecule has 0 fully saturated rings. The zero-order valence-corrected chi connectivity index (χ0v) is 5.79. The van der Waals surface area contributed by atoms with Gasteiger partial charge in [-0.1, -0.05) is 0 Å². The molecule has 1 amide bonds. The Morgan fingerprint density at radius 1 is 1.45 bits per heavy atom. The highest BCUT2D eigenvalue weighted by atomic mass is 16.1. The lowest BCUT2D eigenvalue weighted by Crippen LogP contribution is -2.10. The summed E-state index contributed by atoms with van der Waals surface area (Å²) in [6.45, 7) is 0.567. The van der Waals surface area contributed by atoms with Gasteiger partial charge in [-0.3, -0.25) is 9.79 Å². The van der Waals surface area contributed by atoms with Crippen molar-refractivity contribution >= 4 is 17.8 Å². The topological polar surface area (TPSA) is 57.2 Å². The molecule has 4 heteroatoms. The van der Waals surface area contributed by atoms with Crippen molar-refractivity contribution in [3.05, 3.63) is 18.0 Å². The third kappa shape index (κ3) is 1.02. The van der Waals surface area contributed by atoms with E-state index >= 15 is 0 Å². The predicted molar refractivity (Wildman–Crippen MR) is 41.6 cm³/mol. The van der Waals surface area contributed by atoms with E-state index in [1.54, 1.807) is 6.20 Å². The van der Waals surface area contributed by atoms with Gasteiger partial charge in [-0.25, -0.2) is 0 Å². The minimum atomic E-state index is -0.164. The van der Waals surface area contributed by atoms with Crippen LogP contribution >= 0.6 is 0 Å². The number of hydrogen-bond donors (Lipinski definition) is 2. The summed E-state index contributed by atoms with van der Waals surface area (Å²) >= 11 is 0. The molecule has 0 bridgehead atoms. The number of carbonyl (C=O) groups is 1. The van der Waals surface area contributed by atoms with E-state index in [4.69, 9.17) is 0 Å². The van der Waals surface area contributed by atoms with Gasteiger partial charge in [-0.2, -0.15) is 0 Å². The van der Waals surface area contributed by atoms with Crippen molar-refractivity contribution in [3.8, 4) is 0 Å². The number of amides is 1. The predicted octanol–water partition coefficient (Wildman–Crippen LogP) is 0.538. The quantitative estimate of drug-likeness (QED) is 0.555. The Morgan fingerprint density at radius 3 is 3.27 bits per heavy atom. The third-order valence-corrected chi connectivity index (χ3v) is 1.56. The van der Waals surface area contributed by atoms with E-state index in [-0.39, 0.29) is 5.91 Å². The van der Waals surface area contributed by atoms with Crippen LogP contribution in [0.25, 0.3) is 0 Å². The molecule has 4 nitrogen and oxygen atoms in total. The zero-order chi connectivity index (χ0) is 7.68. The van der Waals surface area contributed by atoms with Crippen LogP contribution < -0.4 is 5.32 Å². The summed E-state index contributed by atoms with van der Waals surface area (Å²) in [5, 5.41) is 2.68. The van der Waals surface area contributed by atoms with Gasteiger partial charge in [0.2, 0.25) is 0 Å². The Morgan fingerprint density at radius 2 is 2.36 bits per heavy atom. The van der Waals surface area contributed by atoms with Crippen LogP contribution in [0, 0.1) is 0 Å². The van der Waals surface area contributed by atoms with Crippen molar-refractivity contribution in [1.29, 1.82) is 0 Å². The smallest absolute Gasteiger partial charge is 0.266 e. The van der Waals surface area contributed by atoms with Crippen molar-refractivity contribution in [2.75, 3.05) is 5.32 Å². The van der Waals surface area contributed by atoms with Crippen molar-refractivity contribution in [1.82, 2.24) is 4.98 Å². The number of nitrogens with one attached hydrogen (secondary N) is 2. The van der Waals surface area contributed by atoms with Gasteiger partial charge in [0.25, 0.3) is 5.91 Å². The van der Waals surface area contributed by atoms with E-state index in [1.165, 1.54) is 6.21 Å². The van der Waals surface area contributed by atoms with Gasteiger partial charge in [-0.05, 0) is 0 Å². The third-order valence-electron chi connectivity index (χ3n) is 1.56. The Bertz CT molecular complexity index is 313. The van der Waals surface area contributed by atoms with Crippen LogP contribution in [0.2, 0.25) is 0 Å². The van der Waals surface area contributed by atoms with Crippen LogP contribution in [-0.2, 0) is 11.3 Å². The molecule has 11 heavy (non-hydrogen) atoms. The van der Waals surface area contributed by atoms with Gasteiger partial charge < -0.3 is 10.3 Å². The number of rotatable bonds is 0. The van der Waals surface area contributed by atoms with Crippen molar-refractivity contribution in [3.63, 3.8) is 0 Å². The first-order chi connectivity index (χ1) is 5.36. The fraction of sp³-hybridized carbons (Fsp3) is 0.143. The number of anilines is 1. The highest BCUT2D eigenvalue weighted by Gasteiger charge is 2.08. The molecule has 1 aromatic heterocycles. The molecule has 1 aliphatic rings. The number of aromatic nitrogens is 1. The fourth-order valence-corrected chi connectivity index (χ4v) is 1.04. The fourth-order valence-electron chi connectivity index (χ4n) is 1.04. The number of nitrogens with zero attached hydrogens (tertiary/aromatic N) is 1. The maximum absolute atomic E-state index is 10.9. The largest absolute Gasteiger partial charge is 0.365 e. The van der Waals surface area contributed by atoms with Crippen LogP contribution in [0.1, 0.15) is 5.56 Å². The summed E-state index contributed by atoms with van der Waals surface area (Å²) in [4.78, 5) is 17.7. The summed E-state index contributed by atoms with van der Waals surface area (Å²) in [5.41, 5.74) is 1.85. The number of carbonyl (C=O) groups excluding carboxylic acids is 1. The molecule has 0 aromatic carbocycles. The Kier molecular flexibility index (Phi) is 1.25. The Labute approximate surface area is 63.3 Å².